The molecule has 0 aliphatic carbocycles. The van der Waals surface area contributed by atoms with E-state index in [2.05, 4.69) is 63.7 Å². The summed E-state index contributed by atoms with van der Waals surface area (Å²) < 4.78 is 27.5. The molecule has 0 heterocycles. The van der Waals surface area contributed by atoms with Crippen molar-refractivity contribution in [3.63, 3.8) is 0 Å². The molecule has 0 N–H and O–H groups in total. The SMILES string of the molecule is Cc1cc(Br)c(F)c(Br)c1Br.FCc1ccccc1Br. The predicted molar refractivity (Wildman–Crippen MR) is 93.2 cm³/mol. The summed E-state index contributed by atoms with van der Waals surface area (Å²) in [6, 6.07) is 8.99. The van der Waals surface area contributed by atoms with E-state index in [0.29, 0.717) is 14.5 Å². The van der Waals surface area contributed by atoms with E-state index in [0.717, 1.165) is 14.5 Å². The Labute approximate surface area is 150 Å². The molecule has 0 aliphatic heterocycles. The van der Waals surface area contributed by atoms with Crippen molar-refractivity contribution in [1.29, 1.82) is 0 Å². The van der Waals surface area contributed by atoms with Crippen molar-refractivity contribution in [2.75, 3.05) is 0 Å². The molecule has 0 nitrogen and oxygen atoms in total. The molecule has 0 atom stereocenters. The van der Waals surface area contributed by atoms with E-state index in [4.69, 9.17) is 0 Å². The highest BCUT2D eigenvalue weighted by molar-refractivity contribution is 9.13. The molecule has 108 valence electrons. The van der Waals surface area contributed by atoms with Gasteiger partial charge in [-0.15, -0.1) is 0 Å². The number of rotatable bonds is 1. The van der Waals surface area contributed by atoms with Gasteiger partial charge in [0, 0.05) is 8.95 Å². The average molecular weight is 536 g/mol. The molecule has 0 fully saturated rings. The third-order valence-electron chi connectivity index (χ3n) is 2.39. The summed E-state index contributed by atoms with van der Waals surface area (Å²) in [5, 5.41) is 0. The highest BCUT2D eigenvalue weighted by atomic mass is 79.9. The molecule has 0 radical (unpaired) electrons. The van der Waals surface area contributed by atoms with Crippen molar-refractivity contribution in [2.45, 2.75) is 13.6 Å². The zero-order chi connectivity index (χ0) is 15.3. The Morgan fingerprint density at radius 2 is 1.55 bits per heavy atom. The molecule has 0 unspecified atom stereocenters. The second kappa shape index (κ2) is 8.61. The van der Waals surface area contributed by atoms with E-state index in [1.165, 1.54) is 0 Å². The Kier molecular flexibility index (Phi) is 7.87. The van der Waals surface area contributed by atoms with E-state index in [1.54, 1.807) is 12.1 Å². The molecular weight excluding hydrogens is 526 g/mol. The lowest BCUT2D eigenvalue weighted by Crippen LogP contribution is -1.85. The van der Waals surface area contributed by atoms with Gasteiger partial charge >= 0.3 is 0 Å². The molecular formula is C14H10Br4F2. The fourth-order valence-electron chi connectivity index (χ4n) is 1.30. The van der Waals surface area contributed by atoms with Gasteiger partial charge in [-0.05, 0) is 78.0 Å². The van der Waals surface area contributed by atoms with Gasteiger partial charge in [-0.25, -0.2) is 8.78 Å². The molecule has 0 saturated carbocycles. The number of benzene rings is 2. The lowest BCUT2D eigenvalue weighted by atomic mass is 10.2. The Hall–Kier alpha value is 0.220. The molecule has 20 heavy (non-hydrogen) atoms. The molecule has 2 rings (SSSR count). The van der Waals surface area contributed by atoms with Crippen LogP contribution in [0.2, 0.25) is 0 Å². The van der Waals surface area contributed by atoms with Crippen LogP contribution in [-0.4, -0.2) is 0 Å². The van der Waals surface area contributed by atoms with Crippen molar-refractivity contribution in [3.05, 3.63) is 65.2 Å². The molecule has 0 saturated heterocycles. The van der Waals surface area contributed by atoms with Gasteiger partial charge in [0.05, 0.1) is 8.95 Å². The van der Waals surface area contributed by atoms with Crippen LogP contribution in [-0.2, 0) is 6.67 Å². The summed E-state index contributed by atoms with van der Waals surface area (Å²) in [7, 11) is 0. The van der Waals surface area contributed by atoms with Crippen molar-refractivity contribution in [1.82, 2.24) is 0 Å². The van der Waals surface area contributed by atoms with Crippen LogP contribution >= 0.6 is 63.7 Å². The Morgan fingerprint density at radius 1 is 0.950 bits per heavy atom. The van der Waals surface area contributed by atoms with Crippen molar-refractivity contribution in [2.24, 2.45) is 0 Å². The van der Waals surface area contributed by atoms with E-state index < -0.39 is 6.67 Å². The number of halogens is 6. The van der Waals surface area contributed by atoms with Crippen LogP contribution in [0.1, 0.15) is 11.1 Å². The summed E-state index contributed by atoms with van der Waals surface area (Å²) in [5.41, 5.74) is 1.70. The van der Waals surface area contributed by atoms with Crippen LogP contribution in [0.4, 0.5) is 8.78 Å². The van der Waals surface area contributed by atoms with Gasteiger partial charge in [-0.2, -0.15) is 0 Å². The van der Waals surface area contributed by atoms with Crippen molar-refractivity contribution in [3.8, 4) is 0 Å². The number of hydrogen-bond acceptors (Lipinski definition) is 0. The minimum Gasteiger partial charge on any atom is -0.246 e. The molecule has 0 spiro atoms. The molecule has 6 heteroatoms. The largest absolute Gasteiger partial charge is 0.246 e. The highest BCUT2D eigenvalue weighted by Gasteiger charge is 2.10. The fraction of sp³-hybridized carbons (Fsp3) is 0.143. The lowest BCUT2D eigenvalue weighted by molar-refractivity contribution is 0.484. The average Bonchev–Trinajstić information content (AvgIpc) is 2.44. The first-order valence-corrected chi connectivity index (χ1v) is 8.64. The predicted octanol–water partition coefficient (Wildman–Crippen LogP) is 7.34. The normalized spacial score (nSPS) is 9.95. The third kappa shape index (κ3) is 4.90. The summed E-state index contributed by atoms with van der Waals surface area (Å²) in [4.78, 5) is 0. The van der Waals surface area contributed by atoms with Crippen molar-refractivity contribution < 1.29 is 8.78 Å². The summed E-state index contributed by atoms with van der Waals surface area (Å²) >= 11 is 12.7. The minimum absolute atomic E-state index is 0.275. The first kappa shape index (κ1) is 18.3. The van der Waals surface area contributed by atoms with Gasteiger partial charge < -0.3 is 0 Å². The Bertz CT molecular complexity index is 574. The maximum atomic E-state index is 13.0. The maximum Gasteiger partial charge on any atom is 0.152 e. The van der Waals surface area contributed by atoms with Gasteiger partial charge in [-0.3, -0.25) is 0 Å². The standard InChI is InChI=1S/C7H4Br3F.C7H6BrF/c1-3-2-4(8)7(11)6(10)5(3)9;8-7-4-2-1-3-6(7)5-9/h2H,1H3;1-4H,5H2. The molecule has 2 aromatic carbocycles. The van der Waals surface area contributed by atoms with E-state index in [9.17, 15) is 8.78 Å². The number of alkyl halides is 1. The summed E-state index contributed by atoms with van der Waals surface area (Å²) in [5.74, 6) is -0.275. The lowest BCUT2D eigenvalue weighted by Gasteiger charge is -2.03. The topological polar surface area (TPSA) is 0 Å². The second-order valence-corrected chi connectivity index (χ2v) is 7.14. The zero-order valence-electron chi connectivity index (χ0n) is 10.4. The highest BCUT2D eigenvalue weighted by Crippen LogP contribution is 2.33. The molecule has 0 aliphatic rings. The molecule has 0 aromatic heterocycles. The van der Waals surface area contributed by atoms with Gasteiger partial charge in [0.15, 0.2) is 5.82 Å². The van der Waals surface area contributed by atoms with Gasteiger partial charge in [0.25, 0.3) is 0 Å². The first-order valence-electron chi connectivity index (χ1n) is 5.47. The summed E-state index contributed by atoms with van der Waals surface area (Å²) in [6.45, 7) is 1.50. The van der Waals surface area contributed by atoms with E-state index in [-0.39, 0.29) is 5.82 Å². The van der Waals surface area contributed by atoms with Crippen LogP contribution < -0.4 is 0 Å². The van der Waals surface area contributed by atoms with Crippen LogP contribution in [0.15, 0.2) is 48.2 Å². The molecule has 0 bridgehead atoms. The van der Waals surface area contributed by atoms with Crippen LogP contribution in [0.5, 0.6) is 0 Å². The Balaban J connectivity index is 0.000000204. The van der Waals surface area contributed by atoms with E-state index >= 15 is 0 Å². The fourth-order valence-corrected chi connectivity index (χ4v) is 3.31. The summed E-state index contributed by atoms with van der Waals surface area (Å²) in [6.07, 6.45) is 0. The van der Waals surface area contributed by atoms with Gasteiger partial charge in [0.1, 0.15) is 6.67 Å². The third-order valence-corrected chi connectivity index (χ3v) is 6.04. The Morgan fingerprint density at radius 3 is 2.05 bits per heavy atom. The maximum absolute atomic E-state index is 13.0. The van der Waals surface area contributed by atoms with Gasteiger partial charge in [-0.1, -0.05) is 34.1 Å². The number of hydrogen-bond donors (Lipinski definition) is 0. The zero-order valence-corrected chi connectivity index (χ0v) is 16.7. The van der Waals surface area contributed by atoms with Gasteiger partial charge in [0.2, 0.25) is 0 Å². The molecule has 2 aromatic rings. The quantitative estimate of drug-likeness (QED) is 0.265. The van der Waals surface area contributed by atoms with E-state index in [1.807, 2.05) is 25.1 Å². The first-order chi connectivity index (χ1) is 9.38. The number of aryl methyl sites for hydroxylation is 1. The van der Waals surface area contributed by atoms with Crippen molar-refractivity contribution >= 4 is 63.7 Å². The smallest absolute Gasteiger partial charge is 0.152 e. The minimum atomic E-state index is -0.401. The van der Waals surface area contributed by atoms with Crippen LogP contribution in [0.25, 0.3) is 0 Å². The molecule has 0 amide bonds. The monoisotopic (exact) mass is 532 g/mol. The van der Waals surface area contributed by atoms with Crippen LogP contribution in [0, 0.1) is 12.7 Å². The second-order valence-electron chi connectivity index (χ2n) is 3.84. The van der Waals surface area contributed by atoms with Crippen LogP contribution in [0.3, 0.4) is 0 Å².